The first-order valence-corrected chi connectivity index (χ1v) is 45.4. The molecule has 0 radical (unpaired) electrons. The van der Waals surface area contributed by atoms with Crippen LogP contribution in [-0.2, 0) is 89.6 Å². The highest BCUT2D eigenvalue weighted by Gasteiger charge is 2.34. The second-order valence-corrected chi connectivity index (χ2v) is 34.1. The second kappa shape index (κ2) is 44.4. The van der Waals surface area contributed by atoms with Gasteiger partial charge in [0.25, 0.3) is 0 Å². The third kappa shape index (κ3) is 23.5. The quantitative estimate of drug-likeness (QED) is 0.0260. The van der Waals surface area contributed by atoms with Crippen LogP contribution in [0.5, 0.6) is 0 Å². The molecule has 19 rings (SSSR count). The fourth-order valence-electron chi connectivity index (χ4n) is 17.2. The summed E-state index contributed by atoms with van der Waals surface area (Å²) in [6.07, 6.45) is 25.2. The van der Waals surface area contributed by atoms with Crippen molar-refractivity contribution in [2.24, 2.45) is 0 Å². The summed E-state index contributed by atoms with van der Waals surface area (Å²) in [5, 5.41) is 57.0. The van der Waals surface area contributed by atoms with Crippen LogP contribution in [-0.4, -0.2) is 137 Å². The molecule has 1 aliphatic rings. The van der Waals surface area contributed by atoms with Gasteiger partial charge in [0.2, 0.25) is 0 Å². The van der Waals surface area contributed by atoms with Crippen molar-refractivity contribution < 1.29 is 81.4 Å². The van der Waals surface area contributed by atoms with Crippen molar-refractivity contribution in [2.75, 3.05) is 23.9 Å². The summed E-state index contributed by atoms with van der Waals surface area (Å²) in [6, 6.07) is 58.3. The highest BCUT2D eigenvalue weighted by atomic mass is 19.4. The first-order chi connectivity index (χ1) is 67.2. The molecule has 0 saturated heterocycles. The number of carbonyl (C=O) groups is 6. The van der Waals surface area contributed by atoms with Crippen LogP contribution in [0.15, 0.2) is 281 Å². The molecule has 0 aliphatic carbocycles. The maximum absolute atomic E-state index is 13.4. The lowest BCUT2D eigenvalue weighted by atomic mass is 9.98. The van der Waals surface area contributed by atoms with Gasteiger partial charge in [0.15, 0.2) is 0 Å². The third-order valence-electron chi connectivity index (χ3n) is 24.9. The van der Waals surface area contributed by atoms with Crippen LogP contribution in [0.3, 0.4) is 0 Å². The van der Waals surface area contributed by atoms with Crippen molar-refractivity contribution >= 4 is 81.1 Å². The van der Waals surface area contributed by atoms with Gasteiger partial charge in [0.1, 0.15) is 85.5 Å². The van der Waals surface area contributed by atoms with Crippen LogP contribution >= 0.6 is 0 Å². The predicted octanol–water partition coefficient (Wildman–Crippen LogP) is 21.1. The van der Waals surface area contributed by atoms with Crippen molar-refractivity contribution in [2.45, 2.75) is 137 Å². The number of benzene rings is 6. The Kier molecular flexibility index (Phi) is 31.5. The van der Waals surface area contributed by atoms with Crippen LogP contribution in [0.4, 0.5) is 33.3 Å². The second-order valence-electron chi connectivity index (χ2n) is 34.1. The zero-order valence-corrected chi connectivity index (χ0v) is 78.0. The maximum atomic E-state index is 13.4. The fourth-order valence-corrected chi connectivity index (χ4v) is 17.2. The number of hydrogen-bond acceptors (Lipinski definition) is 14. The first kappa shape index (κ1) is 99.2. The Bertz CT molecular complexity index is 7620. The van der Waals surface area contributed by atoms with Gasteiger partial charge >= 0.3 is 42.0 Å². The van der Waals surface area contributed by atoms with E-state index in [2.05, 4.69) is 159 Å². The normalized spacial score (nSPS) is 11.6. The number of carboxylic acids is 6. The molecule has 716 valence electrons. The minimum Gasteiger partial charge on any atom is -0.477 e. The molecule has 0 atom stereocenters. The number of rotatable bonds is 27. The standard InChI is InChI=1S/C20H20N4O2.C20H22N2O2.C18H18N2O2.C17H12F4N2O2.C17H15FN2O2.C17H16N2O2/c1-13-22(2)16-8-5-14(12-17(16)23(13)3)4-6-15-7-9-18-21-10-11-24(18)19(15)20(25)26;1-2-3-4-15-5-7-16(8-6-15)9-10-17-11-12-18-21-13-14-22(18)19(17)20(23)24;1-12-3-4-14(11-13(12)2)5-6-15-7-8-16-19-9-10-20(16)17(15)18(21)22;18-12-4-5-13(17(19,20)21)11(9-12)2-1-10-3-6-14-22-7-8-23(14)15(10)16(24)25;1-11-2-6-14(18)10-13(11)4-3-12-5-7-15-19-8-9-20(15)16(12)17(21)22;1-12-2-4-13(5-3-12)6-7-14-8-9-15-18-10-11-19(15)16(14)17(20)21/h5,7-12H,1,4,6H2,2-3H3,(H,25,26);5-8,11-14H,2-4,9-10H2,1H3,(H,23,24);3-4,7-11H,5-6H2,1-2H3,(H,21,22);3-9H,1-2H2,(H,24,25);2,5-10H,3-4H2,1H3,(H,21,22);2-5,8-11H,6-7H2,1H3,(H,20,21). The summed E-state index contributed by atoms with van der Waals surface area (Å²) in [6.45, 7) is 14.5. The van der Waals surface area contributed by atoms with E-state index in [0.717, 1.165) is 94.8 Å². The molecule has 12 aromatic heterocycles. The molecule has 1 aliphatic heterocycles. The number of alkyl halides is 3. The van der Waals surface area contributed by atoms with E-state index in [1.165, 1.54) is 92.3 Å². The zero-order chi connectivity index (χ0) is 99.8. The van der Waals surface area contributed by atoms with Gasteiger partial charge in [0, 0.05) is 88.5 Å². The summed E-state index contributed by atoms with van der Waals surface area (Å²) in [4.78, 5) is 98.4. The Labute approximate surface area is 802 Å². The first-order valence-electron chi connectivity index (χ1n) is 45.4. The van der Waals surface area contributed by atoms with Gasteiger partial charge in [-0.15, -0.1) is 0 Å². The fraction of sp³-hybridized carbons (Fsp3) is 0.211. The Balaban J connectivity index is 0.000000134. The Hall–Kier alpha value is -16.7. The van der Waals surface area contributed by atoms with Crippen molar-refractivity contribution in [3.05, 3.63) is 427 Å². The number of aromatic nitrogens is 12. The number of hydrogen-bond donors (Lipinski definition) is 6. The molecule has 0 unspecified atom stereocenters. The van der Waals surface area contributed by atoms with Crippen LogP contribution in [0.2, 0.25) is 0 Å². The number of carboxylic acid groups (broad SMARTS) is 6. The van der Waals surface area contributed by atoms with E-state index >= 15 is 0 Å². The van der Waals surface area contributed by atoms with Crippen molar-refractivity contribution in [1.29, 1.82) is 0 Å². The van der Waals surface area contributed by atoms with Gasteiger partial charge in [-0.2, -0.15) is 13.2 Å². The van der Waals surface area contributed by atoms with E-state index in [-0.39, 0.29) is 41.3 Å². The van der Waals surface area contributed by atoms with E-state index < -0.39 is 53.4 Å². The van der Waals surface area contributed by atoms with Gasteiger partial charge < -0.3 is 40.4 Å². The highest BCUT2D eigenvalue weighted by molar-refractivity contribution is 5.92. The van der Waals surface area contributed by atoms with E-state index in [4.69, 9.17) is 0 Å². The predicted molar refractivity (Wildman–Crippen MR) is 524 cm³/mol. The Morgan fingerprint density at radius 3 is 0.921 bits per heavy atom. The SMILES string of the molecule is C=C1N(C)c2ccc(CCc3ccc4nccn4c3C(=O)O)cc2N1C.CCCCc1ccc(CCc2ccc3nccn3c2C(=O)O)cc1.Cc1ccc(CCc2ccc3nccn3c2C(=O)O)cc1.Cc1ccc(CCc2ccc3nccn3c2C(=O)O)cc1C.Cc1ccc(F)cc1CCc1ccc2nccn2c1C(=O)O.O=C(O)c1c(CCc2cc(F)ccc2C(F)(F)F)ccc2nccn12. The summed E-state index contributed by atoms with van der Waals surface area (Å²) in [5.74, 6) is -6.00. The minimum absolute atomic E-state index is 0.0162. The molecular weight excluding hydrogens is 1790 g/mol. The highest BCUT2D eigenvalue weighted by Crippen LogP contribution is 2.40. The summed E-state index contributed by atoms with van der Waals surface area (Å²) >= 11 is 0. The lowest BCUT2D eigenvalue weighted by Gasteiger charge is -2.15. The van der Waals surface area contributed by atoms with Crippen LogP contribution in [0.1, 0.15) is 183 Å². The van der Waals surface area contributed by atoms with Crippen LogP contribution < -0.4 is 9.80 Å². The molecule has 6 aromatic carbocycles. The summed E-state index contributed by atoms with van der Waals surface area (Å²) < 4.78 is 75.3. The van der Waals surface area contributed by atoms with Gasteiger partial charge in [0.05, 0.1) is 16.9 Å². The monoisotopic (exact) mass is 1890 g/mol. The number of aromatic carboxylic acids is 6. The molecule has 31 heteroatoms. The Morgan fingerprint density at radius 1 is 0.300 bits per heavy atom. The smallest absolute Gasteiger partial charge is 0.416 e. The van der Waals surface area contributed by atoms with Gasteiger partial charge in [-0.05, 0) is 285 Å². The molecule has 6 N–H and O–H groups in total. The lowest BCUT2D eigenvalue weighted by molar-refractivity contribution is -0.138. The molecule has 0 fully saturated rings. The van der Waals surface area contributed by atoms with Crippen molar-refractivity contribution in [3.63, 3.8) is 0 Å². The average Bonchev–Trinajstić information content (AvgIpc) is 1.75. The van der Waals surface area contributed by atoms with Gasteiger partial charge in [-0.1, -0.05) is 141 Å². The lowest BCUT2D eigenvalue weighted by Crippen LogP contribution is -2.20. The van der Waals surface area contributed by atoms with Crippen LogP contribution in [0, 0.1) is 39.3 Å². The molecule has 18 aromatic rings. The number of nitrogens with zero attached hydrogens (tertiary/aromatic N) is 14. The summed E-state index contributed by atoms with van der Waals surface area (Å²) in [5.41, 5.74) is 22.3. The molecule has 0 saturated carbocycles. The Morgan fingerprint density at radius 2 is 0.579 bits per heavy atom. The zero-order valence-electron chi connectivity index (χ0n) is 78.0. The number of anilines is 2. The van der Waals surface area contributed by atoms with Crippen LogP contribution in [0.25, 0.3) is 33.9 Å². The molecule has 26 nitrogen and oxygen atoms in total. The summed E-state index contributed by atoms with van der Waals surface area (Å²) in [7, 11) is 4.01. The maximum Gasteiger partial charge on any atom is 0.416 e. The van der Waals surface area contributed by atoms with E-state index in [1.807, 2.05) is 69.6 Å². The molecule has 13 heterocycles. The molecule has 0 spiro atoms. The number of unbranched alkanes of at least 4 members (excludes halogenated alkanes) is 1. The van der Waals surface area contributed by atoms with E-state index in [1.54, 1.807) is 108 Å². The van der Waals surface area contributed by atoms with Gasteiger partial charge in [-0.3, -0.25) is 26.4 Å². The van der Waals surface area contributed by atoms with Gasteiger partial charge in [-0.25, -0.2) is 67.5 Å². The molecular formula is C109H103F5N14O12. The number of fused-ring (bicyclic) bond motifs is 7. The number of aryl methyl sites for hydroxylation is 17. The van der Waals surface area contributed by atoms with Crippen molar-refractivity contribution in [3.8, 4) is 0 Å². The minimum atomic E-state index is -4.60. The molecule has 0 bridgehead atoms. The van der Waals surface area contributed by atoms with E-state index in [9.17, 15) is 81.4 Å². The number of pyridine rings is 6. The molecule has 0 amide bonds. The largest absolute Gasteiger partial charge is 0.477 e. The topological polar surface area (TPSA) is 334 Å². The number of halogens is 5. The average molecular weight is 1900 g/mol. The van der Waals surface area contributed by atoms with E-state index in [0.29, 0.717) is 107 Å². The third-order valence-corrected chi connectivity index (χ3v) is 24.9. The number of imidazole rings is 6. The van der Waals surface area contributed by atoms with Crippen molar-refractivity contribution in [1.82, 2.24) is 56.3 Å². The molecule has 140 heavy (non-hydrogen) atoms.